The number of aromatic nitrogens is 3. The molecular formula is C22H27N5O2. The molecule has 3 aromatic rings. The molecule has 152 valence electrons. The van der Waals surface area contributed by atoms with Gasteiger partial charge in [0.25, 0.3) is 0 Å². The summed E-state index contributed by atoms with van der Waals surface area (Å²) in [5.74, 6) is 0.868. The topological polar surface area (TPSA) is 92.9 Å². The van der Waals surface area contributed by atoms with Gasteiger partial charge < -0.3 is 9.73 Å². The molecule has 1 aliphatic rings. The van der Waals surface area contributed by atoms with E-state index in [1.54, 1.807) is 19.3 Å². The summed E-state index contributed by atoms with van der Waals surface area (Å²) in [5, 5.41) is 6.38. The van der Waals surface area contributed by atoms with Gasteiger partial charge >= 0.3 is 0 Å². The lowest BCUT2D eigenvalue weighted by Gasteiger charge is -2.29. The number of carbonyl (C=O) groups is 1. The lowest BCUT2D eigenvalue weighted by Crippen LogP contribution is -2.39. The molecule has 0 aliphatic heterocycles. The van der Waals surface area contributed by atoms with Crippen molar-refractivity contribution in [2.24, 2.45) is 5.92 Å². The first-order valence-electron chi connectivity index (χ1n) is 12.7. The first-order chi connectivity index (χ1) is 16.4. The molecule has 1 fully saturated rings. The van der Waals surface area contributed by atoms with Crippen LogP contribution < -0.4 is 10.6 Å². The summed E-state index contributed by atoms with van der Waals surface area (Å²) in [7, 11) is 0. The number of fused-ring (bicyclic) bond motifs is 1. The molecule has 1 saturated carbocycles. The molecule has 2 heterocycles. The van der Waals surface area contributed by atoms with Gasteiger partial charge in [0, 0.05) is 50.3 Å². The smallest absolute Gasteiger partial charge is 0.229 e. The molecule has 2 N–H and O–H groups in total. The minimum Gasteiger partial charge on any atom is -0.441 e. The van der Waals surface area contributed by atoms with Crippen molar-refractivity contribution in [1.82, 2.24) is 20.3 Å². The predicted octanol–water partition coefficient (Wildman–Crippen LogP) is 4.09. The number of oxazole rings is 1. The number of benzene rings is 1. The van der Waals surface area contributed by atoms with Gasteiger partial charge in [0.15, 0.2) is 11.7 Å². The van der Waals surface area contributed by atoms with Crippen molar-refractivity contribution in [3.63, 3.8) is 0 Å². The van der Waals surface area contributed by atoms with Crippen LogP contribution in [0.5, 0.6) is 0 Å². The summed E-state index contributed by atoms with van der Waals surface area (Å²) in [5.41, 5.74) is 1.46. The number of nitrogens with zero attached hydrogens (tertiary/aromatic N) is 3. The van der Waals surface area contributed by atoms with Gasteiger partial charge in [-0.05, 0) is 31.7 Å². The van der Waals surface area contributed by atoms with Gasteiger partial charge in [0.05, 0.1) is 11.7 Å². The van der Waals surface area contributed by atoms with Gasteiger partial charge in [-0.1, -0.05) is 25.8 Å². The Morgan fingerprint density at radius 1 is 1.21 bits per heavy atom. The largest absolute Gasteiger partial charge is 0.441 e. The molecule has 0 radical (unpaired) electrons. The molecular weight excluding hydrogens is 366 g/mol. The van der Waals surface area contributed by atoms with E-state index in [1.807, 2.05) is 18.2 Å². The quantitative estimate of drug-likeness (QED) is 0.671. The number of anilines is 1. The van der Waals surface area contributed by atoms with Crippen molar-refractivity contribution >= 4 is 22.8 Å². The summed E-state index contributed by atoms with van der Waals surface area (Å²) in [4.78, 5) is 25.6. The van der Waals surface area contributed by atoms with Crippen molar-refractivity contribution in [1.29, 1.82) is 0 Å². The minimum atomic E-state index is -2.64. The Morgan fingerprint density at radius 2 is 2.03 bits per heavy atom. The van der Waals surface area contributed by atoms with Gasteiger partial charge in [-0.2, -0.15) is 0 Å². The molecule has 4 rings (SSSR count). The van der Waals surface area contributed by atoms with E-state index in [-0.39, 0.29) is 23.8 Å². The lowest BCUT2D eigenvalue weighted by atomic mass is 9.85. The Hall–Kier alpha value is -2.80. The average Bonchev–Trinajstić information content (AvgIpc) is 3.22. The van der Waals surface area contributed by atoms with E-state index in [1.165, 1.54) is 0 Å². The maximum absolute atomic E-state index is 12.8. The average molecular weight is 400 g/mol. The molecule has 0 atom stereocenters. The van der Waals surface area contributed by atoms with Crippen LogP contribution in [0.4, 0.5) is 5.95 Å². The molecule has 7 nitrogen and oxygen atoms in total. The van der Waals surface area contributed by atoms with Crippen LogP contribution in [0, 0.1) is 12.8 Å². The molecule has 1 aliphatic carbocycles. The molecule has 7 heteroatoms. The Labute approximate surface area is 178 Å². The summed E-state index contributed by atoms with van der Waals surface area (Å²) in [6.07, 6.45) is 5.28. The van der Waals surface area contributed by atoms with Crippen molar-refractivity contribution in [2.45, 2.75) is 58.4 Å². The second-order valence-electron chi connectivity index (χ2n) is 7.35. The van der Waals surface area contributed by atoms with Crippen LogP contribution >= 0.6 is 0 Å². The van der Waals surface area contributed by atoms with E-state index < -0.39 is 19.7 Å². The highest BCUT2D eigenvalue weighted by molar-refractivity contribution is 5.92. The third-order valence-corrected chi connectivity index (χ3v) is 5.22. The van der Waals surface area contributed by atoms with Crippen molar-refractivity contribution in [3.05, 3.63) is 36.5 Å². The molecule has 2 aromatic heterocycles. The highest BCUT2D eigenvalue weighted by Gasteiger charge is 2.27. The number of nitrogens with one attached hydrogen (secondary N) is 2. The molecule has 0 unspecified atom stereocenters. The third kappa shape index (κ3) is 4.62. The minimum absolute atomic E-state index is 0.193. The fourth-order valence-corrected chi connectivity index (χ4v) is 3.70. The Morgan fingerprint density at radius 3 is 2.76 bits per heavy atom. The van der Waals surface area contributed by atoms with Crippen molar-refractivity contribution in [3.8, 4) is 11.3 Å². The maximum atomic E-state index is 12.8. The summed E-state index contributed by atoms with van der Waals surface area (Å²) < 4.78 is 50.8. The second kappa shape index (κ2) is 8.29. The molecule has 0 spiro atoms. The maximum Gasteiger partial charge on any atom is 0.229 e. The number of aryl methyl sites for hydroxylation is 1. The van der Waals surface area contributed by atoms with Crippen LogP contribution in [-0.2, 0) is 4.79 Å². The fourth-order valence-electron chi connectivity index (χ4n) is 3.70. The van der Waals surface area contributed by atoms with Gasteiger partial charge in [-0.25, -0.2) is 15.0 Å². The van der Waals surface area contributed by atoms with Crippen LogP contribution in [0.15, 0.2) is 35.0 Å². The van der Waals surface area contributed by atoms with E-state index in [9.17, 15) is 4.79 Å². The SMILES string of the molecule is [2H]C([2H])([2H])C(N[C@H]1CC[C@H](C(=O)Nc2ncc3ccc(-c4cnc(C)o4)cc3n2)CC1)C([2H])([2H])[2H]. The Kier molecular flexibility index (Phi) is 3.84. The van der Waals surface area contributed by atoms with E-state index in [0.717, 1.165) is 10.9 Å². The Balaban J connectivity index is 1.38. The molecule has 29 heavy (non-hydrogen) atoms. The molecule has 1 aromatic carbocycles. The van der Waals surface area contributed by atoms with Crippen LogP contribution in [0.25, 0.3) is 22.2 Å². The van der Waals surface area contributed by atoms with Crippen LogP contribution in [-0.4, -0.2) is 32.9 Å². The van der Waals surface area contributed by atoms with Gasteiger partial charge in [0.2, 0.25) is 11.9 Å². The molecule has 0 bridgehead atoms. The summed E-state index contributed by atoms with van der Waals surface area (Å²) in [6.45, 7) is -3.51. The van der Waals surface area contributed by atoms with Crippen molar-refractivity contribution < 1.29 is 17.4 Å². The highest BCUT2D eigenvalue weighted by atomic mass is 16.4. The predicted molar refractivity (Wildman–Crippen MR) is 112 cm³/mol. The Bertz CT molecular complexity index is 1190. The zero-order valence-corrected chi connectivity index (χ0v) is 16.1. The zero-order valence-electron chi connectivity index (χ0n) is 22.1. The zero-order chi connectivity index (χ0) is 25.4. The first-order valence-corrected chi connectivity index (χ1v) is 9.66. The van der Waals surface area contributed by atoms with Crippen LogP contribution in [0.2, 0.25) is 0 Å². The normalized spacial score (nSPS) is 23.5. The van der Waals surface area contributed by atoms with E-state index in [4.69, 9.17) is 12.6 Å². The molecule has 0 saturated heterocycles. The fraction of sp³-hybridized carbons (Fsp3) is 0.455. The van der Waals surface area contributed by atoms with Crippen molar-refractivity contribution in [2.75, 3.05) is 5.32 Å². The van der Waals surface area contributed by atoms with Crippen LogP contribution in [0.3, 0.4) is 0 Å². The monoisotopic (exact) mass is 399 g/mol. The van der Waals surface area contributed by atoms with Gasteiger partial charge in [0.1, 0.15) is 0 Å². The number of hydrogen-bond acceptors (Lipinski definition) is 6. The number of carbonyl (C=O) groups excluding carboxylic acids is 1. The highest BCUT2D eigenvalue weighted by Crippen LogP contribution is 2.27. The summed E-state index contributed by atoms with van der Waals surface area (Å²) >= 11 is 0. The second-order valence-corrected chi connectivity index (χ2v) is 7.35. The first kappa shape index (κ1) is 13.4. The molecule has 1 amide bonds. The number of rotatable bonds is 5. The van der Waals surface area contributed by atoms with E-state index in [2.05, 4.69) is 25.6 Å². The van der Waals surface area contributed by atoms with Gasteiger partial charge in [-0.15, -0.1) is 0 Å². The summed E-state index contributed by atoms with van der Waals surface area (Å²) in [6, 6.07) is 3.73. The standard InChI is InChI=1S/C22H27N5O2/c1-13(2)25-18-8-6-15(7-9-18)21(28)27-22-24-11-17-5-4-16(10-19(17)26-22)20-12-23-14(3)29-20/h4-5,10-13,15,18,25H,6-9H2,1-3H3,(H,24,26,27,28)/t15-,18-/i1D3,2D3. The third-order valence-electron chi connectivity index (χ3n) is 5.22. The number of hydrogen-bond donors (Lipinski definition) is 2. The lowest BCUT2D eigenvalue weighted by molar-refractivity contribution is -0.120. The van der Waals surface area contributed by atoms with E-state index >= 15 is 0 Å². The van der Waals surface area contributed by atoms with Gasteiger partial charge in [-0.3, -0.25) is 10.1 Å². The van der Waals surface area contributed by atoms with Crippen LogP contribution in [0.1, 0.15) is 53.5 Å². The van der Waals surface area contributed by atoms with E-state index in [0.29, 0.717) is 42.9 Å². The number of amides is 1.